The number of aliphatic hydroxyl groups excluding tert-OH is 1. The van der Waals surface area contributed by atoms with Crippen molar-refractivity contribution in [2.45, 2.75) is 39.2 Å². The zero-order chi connectivity index (χ0) is 11.5. The molecule has 5 heteroatoms. The van der Waals surface area contributed by atoms with Gasteiger partial charge in [-0.2, -0.15) is 0 Å². The van der Waals surface area contributed by atoms with Gasteiger partial charge in [0.2, 0.25) is 10.0 Å². The highest BCUT2D eigenvalue weighted by Crippen LogP contribution is 2.29. The Kier molecular flexibility index (Phi) is 4.55. The molecule has 0 saturated heterocycles. The van der Waals surface area contributed by atoms with Gasteiger partial charge in [0.15, 0.2) is 0 Å². The van der Waals surface area contributed by atoms with Crippen molar-refractivity contribution in [2.24, 2.45) is 11.8 Å². The van der Waals surface area contributed by atoms with Gasteiger partial charge in [0.1, 0.15) is 0 Å². The topological polar surface area (TPSA) is 66.4 Å². The fourth-order valence-electron chi connectivity index (χ4n) is 2.09. The Morgan fingerprint density at radius 3 is 2.47 bits per heavy atom. The normalized spacial score (nSPS) is 32.9. The van der Waals surface area contributed by atoms with Crippen molar-refractivity contribution < 1.29 is 13.5 Å². The molecule has 3 atom stereocenters. The Balaban J connectivity index is 2.46. The summed E-state index contributed by atoms with van der Waals surface area (Å²) in [6.45, 7) is 4.06. The van der Waals surface area contributed by atoms with Gasteiger partial charge < -0.3 is 5.11 Å². The molecule has 1 rings (SSSR count). The van der Waals surface area contributed by atoms with E-state index in [2.05, 4.69) is 18.6 Å². The lowest BCUT2D eigenvalue weighted by Crippen LogP contribution is -2.41. The van der Waals surface area contributed by atoms with E-state index in [1.165, 1.54) is 0 Å². The van der Waals surface area contributed by atoms with E-state index in [1.54, 1.807) is 0 Å². The van der Waals surface area contributed by atoms with Crippen LogP contribution < -0.4 is 4.72 Å². The highest BCUT2D eigenvalue weighted by atomic mass is 32.2. The summed E-state index contributed by atoms with van der Waals surface area (Å²) in [5.74, 6) is 1.07. The molecule has 0 bridgehead atoms. The Morgan fingerprint density at radius 1 is 1.27 bits per heavy atom. The van der Waals surface area contributed by atoms with E-state index in [0.717, 1.165) is 19.3 Å². The van der Waals surface area contributed by atoms with Crippen LogP contribution in [0.4, 0.5) is 0 Å². The molecule has 3 unspecified atom stereocenters. The maximum absolute atomic E-state index is 11.4. The summed E-state index contributed by atoms with van der Waals surface area (Å²) in [7, 11) is -3.27. The lowest BCUT2D eigenvalue weighted by atomic mass is 9.79. The minimum absolute atomic E-state index is 0.0627. The first-order chi connectivity index (χ1) is 6.94. The van der Waals surface area contributed by atoms with Crippen molar-refractivity contribution in [3.05, 3.63) is 0 Å². The molecule has 15 heavy (non-hydrogen) atoms. The standard InChI is InChI=1S/C10H21NO3S/c1-8-3-4-10(7-9(8)2)11-15(13,14)6-5-12/h8-12H,3-7H2,1-2H3. The van der Waals surface area contributed by atoms with Crippen LogP contribution in [0.5, 0.6) is 0 Å². The van der Waals surface area contributed by atoms with Crippen molar-refractivity contribution in [3.8, 4) is 0 Å². The second kappa shape index (κ2) is 5.27. The second-order valence-corrected chi connectivity index (χ2v) is 6.50. The molecule has 0 aromatic heterocycles. The Bertz CT molecular complexity index is 289. The van der Waals surface area contributed by atoms with Crippen molar-refractivity contribution in [1.82, 2.24) is 4.72 Å². The van der Waals surface area contributed by atoms with Crippen LogP contribution in [-0.2, 0) is 10.0 Å². The van der Waals surface area contributed by atoms with Crippen LogP contribution in [0, 0.1) is 11.8 Å². The lowest BCUT2D eigenvalue weighted by Gasteiger charge is -2.32. The maximum atomic E-state index is 11.4. The van der Waals surface area contributed by atoms with Crippen LogP contribution in [0.15, 0.2) is 0 Å². The molecule has 0 aromatic carbocycles. The number of hydrogen-bond acceptors (Lipinski definition) is 3. The summed E-state index contributed by atoms with van der Waals surface area (Å²) in [5.41, 5.74) is 0. The number of hydrogen-bond donors (Lipinski definition) is 2. The average Bonchev–Trinajstić information content (AvgIpc) is 2.10. The molecule has 0 heterocycles. The van der Waals surface area contributed by atoms with Gasteiger partial charge in [-0.1, -0.05) is 13.8 Å². The maximum Gasteiger partial charge on any atom is 0.214 e. The molecule has 0 amide bonds. The molecule has 90 valence electrons. The van der Waals surface area contributed by atoms with E-state index < -0.39 is 10.0 Å². The predicted molar refractivity (Wildman–Crippen MR) is 60.0 cm³/mol. The number of nitrogens with one attached hydrogen (secondary N) is 1. The van der Waals surface area contributed by atoms with E-state index in [-0.39, 0.29) is 18.4 Å². The quantitative estimate of drug-likeness (QED) is 0.754. The third-order valence-electron chi connectivity index (χ3n) is 3.30. The summed E-state index contributed by atoms with van der Waals surface area (Å²) in [6, 6.07) is 0.0627. The first-order valence-electron chi connectivity index (χ1n) is 5.55. The first-order valence-corrected chi connectivity index (χ1v) is 7.20. The molecular formula is C10H21NO3S. The van der Waals surface area contributed by atoms with E-state index in [4.69, 9.17) is 5.11 Å². The van der Waals surface area contributed by atoms with Crippen LogP contribution in [0.3, 0.4) is 0 Å². The van der Waals surface area contributed by atoms with Gasteiger partial charge in [-0.3, -0.25) is 0 Å². The zero-order valence-corrected chi connectivity index (χ0v) is 10.3. The van der Waals surface area contributed by atoms with Crippen LogP contribution in [0.1, 0.15) is 33.1 Å². The summed E-state index contributed by atoms with van der Waals surface area (Å²) in [6.07, 6.45) is 2.90. The molecule has 0 aliphatic heterocycles. The van der Waals surface area contributed by atoms with Crippen LogP contribution in [-0.4, -0.2) is 31.9 Å². The third-order valence-corrected chi connectivity index (χ3v) is 4.72. The summed E-state index contributed by atoms with van der Waals surface area (Å²) < 4.78 is 25.5. The zero-order valence-electron chi connectivity index (χ0n) is 9.44. The Labute approximate surface area is 92.1 Å². The Morgan fingerprint density at radius 2 is 1.93 bits per heavy atom. The van der Waals surface area contributed by atoms with Crippen molar-refractivity contribution in [2.75, 3.05) is 12.4 Å². The average molecular weight is 235 g/mol. The largest absolute Gasteiger partial charge is 0.395 e. The van der Waals surface area contributed by atoms with E-state index in [0.29, 0.717) is 11.8 Å². The monoisotopic (exact) mass is 235 g/mol. The highest BCUT2D eigenvalue weighted by Gasteiger charge is 2.27. The van der Waals surface area contributed by atoms with Crippen LogP contribution in [0.2, 0.25) is 0 Å². The second-order valence-electron chi connectivity index (χ2n) is 4.62. The van der Waals surface area contributed by atoms with Gasteiger partial charge >= 0.3 is 0 Å². The van der Waals surface area contributed by atoms with Crippen molar-refractivity contribution >= 4 is 10.0 Å². The summed E-state index contributed by atoms with van der Waals surface area (Å²) in [4.78, 5) is 0. The summed E-state index contributed by atoms with van der Waals surface area (Å²) in [5, 5.41) is 8.61. The van der Waals surface area contributed by atoms with Gasteiger partial charge in [0.25, 0.3) is 0 Å². The predicted octanol–water partition coefficient (Wildman–Crippen LogP) is 0.723. The van der Waals surface area contributed by atoms with Gasteiger partial charge in [-0.05, 0) is 31.1 Å². The number of aliphatic hydroxyl groups is 1. The molecule has 4 nitrogen and oxygen atoms in total. The fourth-order valence-corrected chi connectivity index (χ4v) is 3.17. The highest BCUT2D eigenvalue weighted by molar-refractivity contribution is 7.89. The molecule has 2 N–H and O–H groups in total. The van der Waals surface area contributed by atoms with Gasteiger partial charge in [-0.25, -0.2) is 13.1 Å². The first kappa shape index (κ1) is 12.9. The molecule has 0 spiro atoms. The minimum atomic E-state index is -3.27. The SMILES string of the molecule is CC1CCC(NS(=O)(=O)CCO)CC1C. The van der Waals surface area contributed by atoms with Gasteiger partial charge in [-0.15, -0.1) is 0 Å². The van der Waals surface area contributed by atoms with Crippen molar-refractivity contribution in [1.29, 1.82) is 0 Å². The smallest absolute Gasteiger partial charge is 0.214 e. The lowest BCUT2D eigenvalue weighted by molar-refractivity contribution is 0.241. The summed E-state index contributed by atoms with van der Waals surface area (Å²) >= 11 is 0. The molecule has 1 saturated carbocycles. The van der Waals surface area contributed by atoms with E-state index >= 15 is 0 Å². The van der Waals surface area contributed by atoms with Crippen LogP contribution in [0.25, 0.3) is 0 Å². The van der Waals surface area contributed by atoms with E-state index in [1.807, 2.05) is 0 Å². The molecule has 1 aliphatic carbocycles. The molecule has 1 fully saturated rings. The van der Waals surface area contributed by atoms with Gasteiger partial charge in [0, 0.05) is 6.04 Å². The third kappa shape index (κ3) is 4.09. The molecule has 1 aliphatic rings. The minimum Gasteiger partial charge on any atom is -0.395 e. The number of sulfonamides is 1. The van der Waals surface area contributed by atoms with Gasteiger partial charge in [0.05, 0.1) is 12.4 Å². The molecular weight excluding hydrogens is 214 g/mol. The van der Waals surface area contributed by atoms with Crippen LogP contribution >= 0.6 is 0 Å². The van der Waals surface area contributed by atoms with Crippen molar-refractivity contribution in [3.63, 3.8) is 0 Å². The molecule has 0 radical (unpaired) electrons. The molecule has 0 aromatic rings. The van der Waals surface area contributed by atoms with E-state index in [9.17, 15) is 8.42 Å². The fraction of sp³-hybridized carbons (Fsp3) is 1.00. The Hall–Kier alpha value is -0.130. The number of rotatable bonds is 4.